The van der Waals surface area contributed by atoms with Crippen molar-refractivity contribution in [3.63, 3.8) is 0 Å². The highest BCUT2D eigenvalue weighted by Gasteiger charge is 2.04. The van der Waals surface area contributed by atoms with E-state index in [0.717, 1.165) is 16.8 Å². The first kappa shape index (κ1) is 8.63. The predicted octanol–water partition coefficient (Wildman–Crippen LogP) is 2.32. The van der Waals surface area contributed by atoms with Crippen LogP contribution in [-0.2, 0) is 0 Å². The normalized spacial score (nSPS) is 10.0. The molecule has 2 aromatic carbocycles. The third kappa shape index (κ3) is 1.42. The van der Waals surface area contributed by atoms with E-state index < -0.39 is 0 Å². The number of hydrogen-bond donors (Lipinski definition) is 2. The summed E-state index contributed by atoms with van der Waals surface area (Å²) in [5, 5.41) is 0. The van der Waals surface area contributed by atoms with Gasteiger partial charge in [0, 0.05) is 22.5 Å². The van der Waals surface area contributed by atoms with Gasteiger partial charge in [-0.05, 0) is 18.2 Å². The van der Waals surface area contributed by atoms with Crippen LogP contribution < -0.4 is 11.5 Å². The summed E-state index contributed by atoms with van der Waals surface area (Å²) in [5.41, 5.74) is 14.9. The molecule has 0 heterocycles. The Morgan fingerprint density at radius 1 is 0.857 bits per heavy atom. The molecule has 0 saturated carbocycles. The lowest BCUT2D eigenvalue weighted by atomic mass is 10.0. The Kier molecular flexibility index (Phi) is 2.11. The summed E-state index contributed by atoms with van der Waals surface area (Å²) in [6.07, 6.45) is 0. The van der Waals surface area contributed by atoms with Gasteiger partial charge in [-0.15, -0.1) is 0 Å². The van der Waals surface area contributed by atoms with Crippen LogP contribution in [0.5, 0.6) is 0 Å². The average Bonchev–Trinajstić information content (AvgIpc) is 2.20. The molecule has 0 saturated heterocycles. The molecule has 0 aliphatic carbocycles. The molecule has 2 aromatic rings. The van der Waals surface area contributed by atoms with Crippen molar-refractivity contribution in [3.8, 4) is 11.1 Å². The van der Waals surface area contributed by atoms with Crippen LogP contribution in [0.2, 0.25) is 0 Å². The van der Waals surface area contributed by atoms with Crippen molar-refractivity contribution < 1.29 is 0 Å². The van der Waals surface area contributed by atoms with Crippen LogP contribution in [-0.4, -0.2) is 0 Å². The summed E-state index contributed by atoms with van der Waals surface area (Å²) < 4.78 is 0. The highest BCUT2D eigenvalue weighted by atomic mass is 14.6. The van der Waals surface area contributed by atoms with Crippen molar-refractivity contribution in [1.29, 1.82) is 0 Å². The van der Waals surface area contributed by atoms with Gasteiger partial charge >= 0.3 is 0 Å². The van der Waals surface area contributed by atoms with Gasteiger partial charge in [0.05, 0.1) is 0 Å². The minimum absolute atomic E-state index is 0.699. The van der Waals surface area contributed by atoms with E-state index in [1.54, 1.807) is 0 Å². The minimum Gasteiger partial charge on any atom is -0.398 e. The lowest BCUT2D eigenvalue weighted by Gasteiger charge is -2.07. The molecule has 69 valence electrons. The molecular weight excluding hydrogens is 172 g/mol. The van der Waals surface area contributed by atoms with Gasteiger partial charge in [0.25, 0.3) is 0 Å². The molecule has 0 unspecified atom stereocenters. The monoisotopic (exact) mass is 183 g/mol. The van der Waals surface area contributed by atoms with Gasteiger partial charge in [0.15, 0.2) is 0 Å². The van der Waals surface area contributed by atoms with E-state index in [1.807, 2.05) is 42.5 Å². The van der Waals surface area contributed by atoms with E-state index >= 15 is 0 Å². The van der Waals surface area contributed by atoms with Gasteiger partial charge in [-0.3, -0.25) is 0 Å². The quantitative estimate of drug-likeness (QED) is 0.666. The van der Waals surface area contributed by atoms with E-state index in [1.165, 1.54) is 0 Å². The highest BCUT2D eigenvalue weighted by molar-refractivity contribution is 5.83. The van der Waals surface area contributed by atoms with Crippen LogP contribution in [0.4, 0.5) is 11.4 Å². The molecule has 1 radical (unpaired) electrons. The second-order valence-electron chi connectivity index (χ2n) is 3.09. The molecule has 4 N–H and O–H groups in total. The maximum atomic E-state index is 5.85. The summed E-state index contributed by atoms with van der Waals surface area (Å²) in [6.45, 7) is 0. The molecule has 0 aromatic heterocycles. The Balaban J connectivity index is 2.61. The molecule has 2 nitrogen and oxygen atoms in total. The second-order valence-corrected chi connectivity index (χ2v) is 3.09. The zero-order valence-electron chi connectivity index (χ0n) is 7.70. The third-order valence-electron chi connectivity index (χ3n) is 2.12. The van der Waals surface area contributed by atoms with Crippen molar-refractivity contribution >= 4 is 11.4 Å². The summed E-state index contributed by atoms with van der Waals surface area (Å²) in [4.78, 5) is 0. The number of nitrogen functional groups attached to an aromatic ring is 2. The summed E-state index contributed by atoms with van der Waals surface area (Å²) in [7, 11) is 0. The minimum atomic E-state index is 0.699. The van der Waals surface area contributed by atoms with Gasteiger partial charge in [0.1, 0.15) is 0 Å². The molecule has 0 atom stereocenters. The van der Waals surface area contributed by atoms with Crippen LogP contribution in [0.15, 0.2) is 42.5 Å². The Bertz CT molecular complexity index is 406. The van der Waals surface area contributed by atoms with E-state index in [0.29, 0.717) is 5.69 Å². The number of para-hydroxylation sites is 1. The molecule has 2 heteroatoms. The predicted molar refractivity (Wildman–Crippen MR) is 59.5 cm³/mol. The van der Waals surface area contributed by atoms with Gasteiger partial charge in [-0.1, -0.05) is 30.3 Å². The average molecular weight is 183 g/mol. The Morgan fingerprint density at radius 2 is 1.57 bits per heavy atom. The van der Waals surface area contributed by atoms with Gasteiger partial charge in [-0.2, -0.15) is 0 Å². The van der Waals surface area contributed by atoms with Crippen molar-refractivity contribution in [2.75, 3.05) is 11.5 Å². The first-order valence-electron chi connectivity index (χ1n) is 4.40. The van der Waals surface area contributed by atoms with Crippen LogP contribution in [0, 0.1) is 6.07 Å². The number of benzene rings is 2. The SMILES string of the molecule is Nc1ccc[c]c1-c1ccccc1N. The first-order chi connectivity index (χ1) is 6.79. The van der Waals surface area contributed by atoms with E-state index in [9.17, 15) is 0 Å². The second kappa shape index (κ2) is 3.42. The van der Waals surface area contributed by atoms with Gasteiger partial charge in [0.2, 0.25) is 0 Å². The van der Waals surface area contributed by atoms with Gasteiger partial charge < -0.3 is 11.5 Å². The van der Waals surface area contributed by atoms with Crippen LogP contribution >= 0.6 is 0 Å². The molecule has 0 aliphatic rings. The Morgan fingerprint density at radius 3 is 2.29 bits per heavy atom. The standard InChI is InChI=1S/C12H11N2/c13-11-7-3-1-5-9(11)10-6-2-4-8-12(10)14/h1-5,7-8H,13-14H2. The molecule has 2 rings (SSSR count). The largest absolute Gasteiger partial charge is 0.398 e. The highest BCUT2D eigenvalue weighted by Crippen LogP contribution is 2.29. The van der Waals surface area contributed by atoms with Gasteiger partial charge in [-0.25, -0.2) is 0 Å². The maximum absolute atomic E-state index is 5.85. The molecule has 14 heavy (non-hydrogen) atoms. The summed E-state index contributed by atoms with van der Waals surface area (Å²) in [6, 6.07) is 16.3. The van der Waals surface area contributed by atoms with Crippen LogP contribution in [0.1, 0.15) is 0 Å². The fourth-order valence-electron chi connectivity index (χ4n) is 1.41. The van der Waals surface area contributed by atoms with Crippen LogP contribution in [0.25, 0.3) is 11.1 Å². The fraction of sp³-hybridized carbons (Fsp3) is 0. The first-order valence-corrected chi connectivity index (χ1v) is 4.40. The maximum Gasteiger partial charge on any atom is 0.0400 e. The van der Waals surface area contributed by atoms with Crippen molar-refractivity contribution in [3.05, 3.63) is 48.5 Å². The molecule has 0 fully saturated rings. The topological polar surface area (TPSA) is 52.0 Å². The zero-order valence-corrected chi connectivity index (χ0v) is 7.70. The van der Waals surface area contributed by atoms with Crippen molar-refractivity contribution in [1.82, 2.24) is 0 Å². The van der Waals surface area contributed by atoms with Crippen molar-refractivity contribution in [2.24, 2.45) is 0 Å². The summed E-state index contributed by atoms with van der Waals surface area (Å²) in [5.74, 6) is 0. The fourth-order valence-corrected chi connectivity index (χ4v) is 1.41. The molecule has 0 amide bonds. The summed E-state index contributed by atoms with van der Waals surface area (Å²) >= 11 is 0. The lowest BCUT2D eigenvalue weighted by molar-refractivity contribution is 1.59. The van der Waals surface area contributed by atoms with Crippen molar-refractivity contribution in [2.45, 2.75) is 0 Å². The van der Waals surface area contributed by atoms with Crippen LogP contribution in [0.3, 0.4) is 0 Å². The number of hydrogen-bond acceptors (Lipinski definition) is 2. The number of nitrogens with two attached hydrogens (primary N) is 2. The lowest BCUT2D eigenvalue weighted by Crippen LogP contribution is -1.93. The molecule has 0 aliphatic heterocycles. The Labute approximate surface area is 83.2 Å². The molecule has 0 bridgehead atoms. The van der Waals surface area contributed by atoms with E-state index in [4.69, 9.17) is 11.5 Å². The molecular formula is C12H11N2. The van der Waals surface area contributed by atoms with E-state index in [-0.39, 0.29) is 0 Å². The number of rotatable bonds is 1. The molecule has 0 spiro atoms. The third-order valence-corrected chi connectivity index (χ3v) is 2.12. The van der Waals surface area contributed by atoms with E-state index in [2.05, 4.69) is 6.07 Å². The zero-order chi connectivity index (χ0) is 9.97. The number of anilines is 2. The Hall–Kier alpha value is -1.96. The smallest absolute Gasteiger partial charge is 0.0400 e.